The minimum atomic E-state index is -0.374. The third-order valence-electron chi connectivity index (χ3n) is 4.42. The fraction of sp³-hybridized carbons (Fsp3) is 0.316. The molecular weight excluding hydrogens is 294 g/mol. The molecule has 1 aliphatic carbocycles. The van der Waals surface area contributed by atoms with Crippen LogP contribution in [0.3, 0.4) is 0 Å². The first-order chi connectivity index (χ1) is 10.5. The quantitative estimate of drug-likeness (QED) is 0.832. The highest BCUT2D eigenvalue weighted by atomic mass is 35.5. The van der Waals surface area contributed by atoms with Crippen molar-refractivity contribution in [3.05, 3.63) is 64.7 Å². The molecule has 0 spiro atoms. The maximum Gasteiger partial charge on any atom is 0.235 e. The van der Waals surface area contributed by atoms with Gasteiger partial charge in [-0.15, -0.1) is 0 Å². The molecule has 1 N–H and O–H groups in total. The molecule has 0 bridgehead atoms. The Balaban J connectivity index is 1.75. The summed E-state index contributed by atoms with van der Waals surface area (Å²) < 4.78 is 0. The largest absolute Gasteiger partial charge is 0.325 e. The number of halogens is 1. The Labute approximate surface area is 136 Å². The van der Waals surface area contributed by atoms with Gasteiger partial charge < -0.3 is 5.32 Å². The average molecular weight is 314 g/mol. The summed E-state index contributed by atoms with van der Waals surface area (Å²) in [5, 5.41) is 3.75. The van der Waals surface area contributed by atoms with Crippen molar-refractivity contribution < 1.29 is 4.79 Å². The monoisotopic (exact) mass is 313 g/mol. The summed E-state index contributed by atoms with van der Waals surface area (Å²) in [4.78, 5) is 12.7. The topological polar surface area (TPSA) is 29.1 Å². The Hall–Kier alpha value is -1.80. The lowest BCUT2D eigenvalue weighted by Crippen LogP contribution is -2.27. The standard InChI is InChI=1S/C19H20ClNO/c1-13(2)14-3-9-17(10-4-14)21-18(22)19(11-12-19)15-5-7-16(20)8-6-15/h3-10,13H,11-12H2,1-2H3,(H,21,22). The molecule has 1 fully saturated rings. The predicted octanol–water partition coefficient (Wildman–Crippen LogP) is 5.13. The zero-order chi connectivity index (χ0) is 15.7. The van der Waals surface area contributed by atoms with E-state index in [4.69, 9.17) is 11.6 Å². The van der Waals surface area contributed by atoms with Gasteiger partial charge in [0.25, 0.3) is 0 Å². The summed E-state index contributed by atoms with van der Waals surface area (Å²) >= 11 is 5.93. The second-order valence-electron chi connectivity index (χ2n) is 6.32. The van der Waals surface area contributed by atoms with Crippen molar-refractivity contribution in [1.82, 2.24) is 0 Å². The van der Waals surface area contributed by atoms with Crippen molar-refractivity contribution in [3.63, 3.8) is 0 Å². The van der Waals surface area contributed by atoms with Gasteiger partial charge in [0, 0.05) is 10.7 Å². The van der Waals surface area contributed by atoms with Crippen molar-refractivity contribution in [1.29, 1.82) is 0 Å². The van der Waals surface area contributed by atoms with Crippen molar-refractivity contribution in [3.8, 4) is 0 Å². The molecule has 0 aromatic heterocycles. The Morgan fingerprint density at radius 1 is 1.05 bits per heavy atom. The summed E-state index contributed by atoms with van der Waals surface area (Å²) in [6.45, 7) is 4.32. The van der Waals surface area contributed by atoms with Gasteiger partial charge in [-0.1, -0.05) is 49.7 Å². The number of hydrogen-bond acceptors (Lipinski definition) is 1. The highest BCUT2D eigenvalue weighted by molar-refractivity contribution is 6.30. The maximum atomic E-state index is 12.7. The van der Waals surface area contributed by atoms with Crippen LogP contribution in [0.15, 0.2) is 48.5 Å². The molecule has 0 aliphatic heterocycles. The van der Waals surface area contributed by atoms with Crippen molar-refractivity contribution in [2.45, 2.75) is 38.0 Å². The van der Waals surface area contributed by atoms with Crippen LogP contribution < -0.4 is 5.32 Å². The van der Waals surface area contributed by atoms with Gasteiger partial charge in [0.15, 0.2) is 0 Å². The highest BCUT2D eigenvalue weighted by Crippen LogP contribution is 2.49. The SMILES string of the molecule is CC(C)c1ccc(NC(=O)C2(c3ccc(Cl)cc3)CC2)cc1. The molecule has 3 heteroatoms. The van der Waals surface area contributed by atoms with Crippen LogP contribution in [0.4, 0.5) is 5.69 Å². The van der Waals surface area contributed by atoms with E-state index in [-0.39, 0.29) is 11.3 Å². The van der Waals surface area contributed by atoms with Gasteiger partial charge in [-0.3, -0.25) is 4.79 Å². The fourth-order valence-corrected chi connectivity index (χ4v) is 2.87. The lowest BCUT2D eigenvalue weighted by atomic mass is 9.95. The molecule has 3 rings (SSSR count). The third-order valence-corrected chi connectivity index (χ3v) is 4.67. The predicted molar refractivity (Wildman–Crippen MR) is 91.5 cm³/mol. The van der Waals surface area contributed by atoms with Crippen LogP contribution in [0.1, 0.15) is 43.7 Å². The zero-order valence-corrected chi connectivity index (χ0v) is 13.7. The molecule has 0 atom stereocenters. The van der Waals surface area contributed by atoms with Crippen LogP contribution in [0.5, 0.6) is 0 Å². The van der Waals surface area contributed by atoms with E-state index in [2.05, 4.69) is 31.3 Å². The van der Waals surface area contributed by atoms with Crippen molar-refractivity contribution >= 4 is 23.2 Å². The molecule has 114 valence electrons. The summed E-state index contributed by atoms with van der Waals surface area (Å²) in [6, 6.07) is 15.7. The molecule has 22 heavy (non-hydrogen) atoms. The van der Waals surface area contributed by atoms with Crippen LogP contribution in [-0.4, -0.2) is 5.91 Å². The summed E-state index contributed by atoms with van der Waals surface area (Å²) in [7, 11) is 0. The van der Waals surface area contributed by atoms with Crippen LogP contribution in [0.2, 0.25) is 5.02 Å². The summed E-state index contributed by atoms with van der Waals surface area (Å²) in [5.74, 6) is 0.570. The molecule has 2 aromatic rings. The lowest BCUT2D eigenvalue weighted by Gasteiger charge is -2.16. The smallest absolute Gasteiger partial charge is 0.235 e. The number of nitrogens with one attached hydrogen (secondary N) is 1. The molecular formula is C19H20ClNO. The van der Waals surface area contributed by atoms with E-state index in [1.165, 1.54) is 5.56 Å². The van der Waals surface area contributed by atoms with Crippen molar-refractivity contribution in [2.75, 3.05) is 5.32 Å². The van der Waals surface area contributed by atoms with Gasteiger partial charge in [0.2, 0.25) is 5.91 Å². The minimum absolute atomic E-state index is 0.0760. The second kappa shape index (κ2) is 5.77. The van der Waals surface area contributed by atoms with Gasteiger partial charge in [-0.25, -0.2) is 0 Å². The molecule has 0 radical (unpaired) electrons. The maximum absolute atomic E-state index is 12.7. The van der Waals surface area contributed by atoms with Gasteiger partial charge in [0.05, 0.1) is 5.41 Å². The lowest BCUT2D eigenvalue weighted by molar-refractivity contribution is -0.118. The van der Waals surface area contributed by atoms with Gasteiger partial charge in [0.1, 0.15) is 0 Å². The molecule has 1 amide bonds. The molecule has 0 heterocycles. The number of rotatable bonds is 4. The second-order valence-corrected chi connectivity index (χ2v) is 6.76. The number of amides is 1. The van der Waals surface area contributed by atoms with E-state index in [0.29, 0.717) is 10.9 Å². The summed E-state index contributed by atoms with van der Waals surface area (Å²) in [5.41, 5.74) is 2.81. The molecule has 2 aromatic carbocycles. The number of benzene rings is 2. The van der Waals surface area contributed by atoms with E-state index in [0.717, 1.165) is 24.1 Å². The van der Waals surface area contributed by atoms with Crippen molar-refractivity contribution in [2.24, 2.45) is 0 Å². The molecule has 2 nitrogen and oxygen atoms in total. The summed E-state index contributed by atoms with van der Waals surface area (Å²) in [6.07, 6.45) is 1.79. The molecule has 0 unspecified atom stereocenters. The molecule has 1 saturated carbocycles. The van der Waals surface area contributed by atoms with E-state index in [9.17, 15) is 4.79 Å². The Kier molecular flexibility index (Phi) is 3.96. The molecule has 0 saturated heterocycles. The first kappa shape index (κ1) is 15.1. The third kappa shape index (κ3) is 2.89. The Morgan fingerprint density at radius 2 is 1.64 bits per heavy atom. The zero-order valence-electron chi connectivity index (χ0n) is 12.9. The average Bonchev–Trinajstić information content (AvgIpc) is 3.30. The normalized spacial score (nSPS) is 15.6. The van der Waals surface area contributed by atoms with Gasteiger partial charge in [-0.2, -0.15) is 0 Å². The van der Waals surface area contributed by atoms with Gasteiger partial charge in [-0.05, 0) is 54.2 Å². The van der Waals surface area contributed by atoms with E-state index >= 15 is 0 Å². The van der Waals surface area contributed by atoms with Crippen LogP contribution >= 0.6 is 11.6 Å². The molecule has 1 aliphatic rings. The highest BCUT2D eigenvalue weighted by Gasteiger charge is 2.51. The first-order valence-electron chi connectivity index (χ1n) is 7.69. The van der Waals surface area contributed by atoms with E-state index in [1.807, 2.05) is 36.4 Å². The Bertz CT molecular complexity index is 670. The first-order valence-corrected chi connectivity index (χ1v) is 8.06. The number of anilines is 1. The van der Waals surface area contributed by atoms with Gasteiger partial charge >= 0.3 is 0 Å². The Morgan fingerprint density at radius 3 is 2.14 bits per heavy atom. The number of carbonyl (C=O) groups excluding carboxylic acids is 1. The van der Waals surface area contributed by atoms with Crippen LogP contribution in [0.25, 0.3) is 0 Å². The minimum Gasteiger partial charge on any atom is -0.325 e. The van der Waals surface area contributed by atoms with E-state index < -0.39 is 0 Å². The van der Waals surface area contributed by atoms with Crippen LogP contribution in [0, 0.1) is 0 Å². The number of carbonyl (C=O) groups is 1. The van der Waals surface area contributed by atoms with E-state index in [1.54, 1.807) is 0 Å². The van der Waals surface area contributed by atoms with Crippen LogP contribution in [-0.2, 0) is 10.2 Å². The fourth-order valence-electron chi connectivity index (χ4n) is 2.74. The number of hydrogen-bond donors (Lipinski definition) is 1.